The maximum atomic E-state index is 13.0. The van der Waals surface area contributed by atoms with Crippen LogP contribution in [-0.2, 0) is 11.3 Å². The minimum atomic E-state index is -0.0190. The van der Waals surface area contributed by atoms with Gasteiger partial charge in [-0.15, -0.1) is 0 Å². The summed E-state index contributed by atoms with van der Waals surface area (Å²) < 4.78 is 2.18. The lowest BCUT2D eigenvalue weighted by Gasteiger charge is -2.24. The van der Waals surface area contributed by atoms with Crippen molar-refractivity contribution in [1.82, 2.24) is 14.9 Å². The summed E-state index contributed by atoms with van der Waals surface area (Å²) in [7, 11) is 0. The number of anilines is 1. The third-order valence-electron chi connectivity index (χ3n) is 5.85. The number of imidazole rings is 1. The van der Waals surface area contributed by atoms with Gasteiger partial charge in [0.1, 0.15) is 0 Å². The molecule has 1 aromatic heterocycles. The molecule has 23 heavy (non-hydrogen) atoms. The zero-order valence-corrected chi connectivity index (χ0v) is 13.2. The number of fused-ring (bicyclic) bond motifs is 4. The minimum Gasteiger partial charge on any atom is -0.308 e. The second-order valence-electron chi connectivity index (χ2n) is 7.15. The molecule has 2 fully saturated rings. The lowest BCUT2D eigenvalue weighted by Crippen LogP contribution is -2.45. The van der Waals surface area contributed by atoms with Gasteiger partial charge in [-0.3, -0.25) is 9.69 Å². The molecule has 0 spiro atoms. The molecule has 3 atom stereocenters. The van der Waals surface area contributed by atoms with Crippen molar-refractivity contribution >= 4 is 22.9 Å². The normalized spacial score (nSPS) is 29.7. The number of hydrogen-bond donors (Lipinski definition) is 1. The van der Waals surface area contributed by atoms with Gasteiger partial charge in [0.25, 0.3) is 0 Å². The first-order valence-corrected chi connectivity index (χ1v) is 8.84. The lowest BCUT2D eigenvalue weighted by molar-refractivity contribution is -0.120. The van der Waals surface area contributed by atoms with Crippen LogP contribution in [0.2, 0.25) is 0 Å². The van der Waals surface area contributed by atoms with Gasteiger partial charge in [0.05, 0.1) is 17.1 Å². The van der Waals surface area contributed by atoms with Gasteiger partial charge in [0, 0.05) is 19.1 Å². The van der Waals surface area contributed by atoms with Crippen molar-refractivity contribution in [3.8, 4) is 0 Å². The maximum absolute atomic E-state index is 13.0. The molecular formula is C18H22N4O. The van der Waals surface area contributed by atoms with Crippen molar-refractivity contribution in [3.63, 3.8) is 0 Å². The Hall–Kier alpha value is -1.88. The second kappa shape index (κ2) is 5.06. The third-order valence-corrected chi connectivity index (χ3v) is 5.85. The van der Waals surface area contributed by atoms with E-state index in [1.165, 1.54) is 25.7 Å². The Morgan fingerprint density at radius 3 is 2.96 bits per heavy atom. The number of rotatable bonds is 1. The number of nitrogens with one attached hydrogen (secondary N) is 1. The molecule has 0 radical (unpaired) electrons. The quantitative estimate of drug-likeness (QED) is 0.879. The van der Waals surface area contributed by atoms with E-state index in [4.69, 9.17) is 4.98 Å². The highest BCUT2D eigenvalue weighted by atomic mass is 16.2. The van der Waals surface area contributed by atoms with Crippen molar-refractivity contribution in [2.24, 2.45) is 5.92 Å². The predicted octanol–water partition coefficient (Wildman–Crippen LogP) is 2.30. The Labute approximate surface area is 135 Å². The number of amides is 1. The largest absolute Gasteiger partial charge is 0.308 e. The van der Waals surface area contributed by atoms with Crippen molar-refractivity contribution in [2.45, 2.75) is 50.7 Å². The van der Waals surface area contributed by atoms with Crippen LogP contribution in [0.25, 0.3) is 11.0 Å². The summed E-state index contributed by atoms with van der Waals surface area (Å²) in [6, 6.07) is 8.67. The van der Waals surface area contributed by atoms with Crippen LogP contribution in [0.3, 0.4) is 0 Å². The molecular weight excluding hydrogens is 288 g/mol. The molecule has 3 heterocycles. The lowest BCUT2D eigenvalue weighted by atomic mass is 9.85. The molecule has 1 amide bonds. The van der Waals surface area contributed by atoms with E-state index < -0.39 is 0 Å². The molecule has 3 unspecified atom stereocenters. The van der Waals surface area contributed by atoms with Crippen LogP contribution >= 0.6 is 0 Å². The number of hydrogen-bond acceptors (Lipinski definition) is 3. The van der Waals surface area contributed by atoms with E-state index in [1.54, 1.807) is 0 Å². The molecule has 1 saturated carbocycles. The summed E-state index contributed by atoms with van der Waals surface area (Å²) in [5.74, 6) is 1.74. The maximum Gasteiger partial charge on any atom is 0.246 e. The Morgan fingerprint density at radius 2 is 2.04 bits per heavy atom. The molecule has 5 rings (SSSR count). The smallest absolute Gasteiger partial charge is 0.246 e. The number of aromatic nitrogens is 2. The van der Waals surface area contributed by atoms with E-state index in [-0.39, 0.29) is 11.9 Å². The van der Waals surface area contributed by atoms with Gasteiger partial charge in [-0.2, -0.15) is 0 Å². The zero-order valence-electron chi connectivity index (χ0n) is 13.2. The average Bonchev–Trinajstić information content (AvgIpc) is 3.26. The van der Waals surface area contributed by atoms with Gasteiger partial charge in [0.15, 0.2) is 0 Å². The highest BCUT2D eigenvalue weighted by Gasteiger charge is 2.41. The molecule has 1 aromatic carbocycles. The molecule has 5 heteroatoms. The zero-order chi connectivity index (χ0) is 15.4. The predicted molar refractivity (Wildman–Crippen MR) is 89.4 cm³/mol. The van der Waals surface area contributed by atoms with E-state index in [2.05, 4.69) is 16.0 Å². The molecule has 0 bridgehead atoms. The summed E-state index contributed by atoms with van der Waals surface area (Å²) in [4.78, 5) is 19.6. The molecule has 120 valence electrons. The fraction of sp³-hybridized carbons (Fsp3) is 0.556. The van der Waals surface area contributed by atoms with Crippen molar-refractivity contribution in [3.05, 3.63) is 24.3 Å². The molecule has 3 aliphatic rings. The number of nitrogens with zero attached hydrogens (tertiary/aromatic N) is 3. The van der Waals surface area contributed by atoms with Crippen molar-refractivity contribution in [2.75, 3.05) is 11.4 Å². The Balaban J connectivity index is 1.42. The van der Waals surface area contributed by atoms with Gasteiger partial charge >= 0.3 is 0 Å². The van der Waals surface area contributed by atoms with E-state index >= 15 is 0 Å². The van der Waals surface area contributed by atoms with Crippen molar-refractivity contribution < 1.29 is 4.79 Å². The van der Waals surface area contributed by atoms with E-state index in [0.717, 1.165) is 36.5 Å². The van der Waals surface area contributed by atoms with Gasteiger partial charge < -0.3 is 9.88 Å². The van der Waals surface area contributed by atoms with Crippen LogP contribution in [-0.4, -0.2) is 34.1 Å². The first-order valence-electron chi connectivity index (χ1n) is 8.84. The van der Waals surface area contributed by atoms with Gasteiger partial charge in [-0.1, -0.05) is 25.0 Å². The molecule has 1 saturated heterocycles. The summed E-state index contributed by atoms with van der Waals surface area (Å²) in [6.45, 7) is 1.60. The van der Waals surface area contributed by atoms with Gasteiger partial charge in [-0.05, 0) is 37.3 Å². The third kappa shape index (κ3) is 2.02. The van der Waals surface area contributed by atoms with Crippen LogP contribution in [0.15, 0.2) is 24.3 Å². The SMILES string of the molecule is O=C(C1CC2CCCCC2N1)N1CCn2c1nc1ccccc12. The number of benzene rings is 1. The van der Waals surface area contributed by atoms with Crippen LogP contribution in [0.4, 0.5) is 5.95 Å². The second-order valence-corrected chi connectivity index (χ2v) is 7.15. The average molecular weight is 310 g/mol. The minimum absolute atomic E-state index is 0.0190. The highest BCUT2D eigenvalue weighted by molar-refractivity contribution is 5.98. The Morgan fingerprint density at radius 1 is 1.17 bits per heavy atom. The first kappa shape index (κ1) is 13.5. The van der Waals surface area contributed by atoms with Gasteiger partial charge in [-0.25, -0.2) is 4.98 Å². The van der Waals surface area contributed by atoms with E-state index in [9.17, 15) is 4.79 Å². The standard InChI is InChI=1S/C18H22N4O/c23-17(15-11-12-5-1-2-6-13(12)19-15)22-10-9-21-16-8-4-3-7-14(16)20-18(21)22/h3-4,7-8,12-13,15,19H,1-2,5-6,9-11H2. The fourth-order valence-electron chi connectivity index (χ4n) is 4.70. The van der Waals surface area contributed by atoms with E-state index in [0.29, 0.717) is 12.0 Å². The molecule has 1 N–H and O–H groups in total. The van der Waals surface area contributed by atoms with Crippen molar-refractivity contribution in [1.29, 1.82) is 0 Å². The van der Waals surface area contributed by atoms with Gasteiger partial charge in [0.2, 0.25) is 11.9 Å². The van der Waals surface area contributed by atoms with E-state index in [1.807, 2.05) is 23.1 Å². The first-order chi connectivity index (χ1) is 11.3. The summed E-state index contributed by atoms with van der Waals surface area (Å²) in [5.41, 5.74) is 2.11. The van der Waals surface area contributed by atoms with Crippen LogP contribution in [0, 0.1) is 5.92 Å². The summed E-state index contributed by atoms with van der Waals surface area (Å²) >= 11 is 0. The number of para-hydroxylation sites is 2. The molecule has 2 aromatic rings. The van der Waals surface area contributed by atoms with Crippen LogP contribution in [0.1, 0.15) is 32.1 Å². The monoisotopic (exact) mass is 310 g/mol. The summed E-state index contributed by atoms with van der Waals surface area (Å²) in [5, 5.41) is 3.61. The molecule has 2 aliphatic heterocycles. The van der Waals surface area contributed by atoms with Crippen LogP contribution in [0.5, 0.6) is 0 Å². The molecule has 5 nitrogen and oxygen atoms in total. The Bertz CT molecular complexity index is 753. The molecule has 1 aliphatic carbocycles. The highest BCUT2D eigenvalue weighted by Crippen LogP contribution is 2.35. The van der Waals surface area contributed by atoms with Crippen LogP contribution < -0.4 is 10.2 Å². The Kier molecular flexibility index (Phi) is 2.98. The topological polar surface area (TPSA) is 50.2 Å². The fourth-order valence-corrected chi connectivity index (χ4v) is 4.70. The number of carbonyl (C=O) groups excluding carboxylic acids is 1. The number of carbonyl (C=O) groups is 1. The summed E-state index contributed by atoms with van der Waals surface area (Å²) in [6.07, 6.45) is 6.13.